The molecule has 0 radical (unpaired) electrons. The highest BCUT2D eigenvalue weighted by Gasteiger charge is 2.34. The van der Waals surface area contributed by atoms with E-state index in [4.69, 9.17) is 4.74 Å². The summed E-state index contributed by atoms with van der Waals surface area (Å²) in [5.41, 5.74) is 2.50. The van der Waals surface area contributed by atoms with Crippen molar-refractivity contribution in [2.24, 2.45) is 5.41 Å². The monoisotopic (exact) mass is 499 g/mol. The predicted molar refractivity (Wildman–Crippen MR) is 147 cm³/mol. The molecule has 0 aliphatic carbocycles. The van der Waals surface area contributed by atoms with Crippen LogP contribution in [0.25, 0.3) is 11.1 Å². The van der Waals surface area contributed by atoms with Crippen molar-refractivity contribution >= 4 is 6.09 Å². The normalized spacial score (nSPS) is 16.3. The van der Waals surface area contributed by atoms with Crippen LogP contribution in [0.4, 0.5) is 4.79 Å². The quantitative estimate of drug-likeness (QED) is 0.366. The Morgan fingerprint density at radius 3 is 2.03 bits per heavy atom. The van der Waals surface area contributed by atoms with E-state index in [-0.39, 0.29) is 29.8 Å². The molecule has 4 rings (SSSR count). The van der Waals surface area contributed by atoms with E-state index >= 15 is 0 Å². The van der Waals surface area contributed by atoms with Crippen molar-refractivity contribution in [1.82, 2.24) is 9.47 Å². The molecule has 1 fully saturated rings. The van der Waals surface area contributed by atoms with E-state index in [1.54, 1.807) is 15.5 Å². The smallest absolute Gasteiger partial charge is 0.410 e. The van der Waals surface area contributed by atoms with Gasteiger partial charge in [-0.25, -0.2) is 4.79 Å². The van der Waals surface area contributed by atoms with Gasteiger partial charge in [0.05, 0.1) is 17.5 Å². The number of carbonyl (C=O) groups is 1. The minimum atomic E-state index is -0.507. The van der Waals surface area contributed by atoms with Gasteiger partial charge in [0.15, 0.2) is 0 Å². The van der Waals surface area contributed by atoms with E-state index in [0.29, 0.717) is 13.0 Å². The summed E-state index contributed by atoms with van der Waals surface area (Å²) in [5.74, 6) is 0. The lowest BCUT2D eigenvalue weighted by molar-refractivity contribution is 0.000797. The lowest BCUT2D eigenvalue weighted by Crippen LogP contribution is -2.44. The van der Waals surface area contributed by atoms with Gasteiger partial charge in [-0.15, -0.1) is 0 Å². The molecule has 6 heteroatoms. The lowest BCUT2D eigenvalue weighted by Gasteiger charge is -2.37. The zero-order valence-electron chi connectivity index (χ0n) is 22.4. The van der Waals surface area contributed by atoms with Crippen LogP contribution in [0.15, 0.2) is 83.8 Å². The van der Waals surface area contributed by atoms with Crippen molar-refractivity contribution in [3.05, 3.63) is 94.9 Å². The highest BCUT2D eigenvalue weighted by atomic mass is 16.6. The van der Waals surface area contributed by atoms with Crippen molar-refractivity contribution in [2.75, 3.05) is 6.54 Å². The van der Waals surface area contributed by atoms with Crippen LogP contribution < -0.4 is 5.56 Å². The van der Waals surface area contributed by atoms with Crippen LogP contribution in [0.5, 0.6) is 0 Å². The Morgan fingerprint density at radius 1 is 0.946 bits per heavy atom. The number of hydrogen-bond donors (Lipinski definition) is 0. The minimum absolute atomic E-state index is 0.0101. The molecule has 3 aromatic rings. The standard InChI is InChI=1S/C25H31N3O3.C6H6/c1-17(2)28-15-21(10-11-23(28)29)20-8-6-19(7-9-20)18(3)27-13-12-22(31-24(27)30)14-25(4,5)16-26;1-2-4-6-5-3-1/h6-11,15,17-18,22H,12-14H2,1-5H3;1-6H/t18-,22-;/m0./s1. The third kappa shape index (κ3) is 7.57. The highest BCUT2D eigenvalue weighted by Crippen LogP contribution is 2.31. The molecule has 0 N–H and O–H groups in total. The van der Waals surface area contributed by atoms with Crippen LogP contribution >= 0.6 is 0 Å². The zero-order chi connectivity index (χ0) is 27.0. The second kappa shape index (κ2) is 12.4. The second-order valence-corrected chi connectivity index (χ2v) is 10.4. The van der Waals surface area contributed by atoms with Gasteiger partial charge in [0, 0.05) is 37.7 Å². The van der Waals surface area contributed by atoms with Gasteiger partial charge in [0.1, 0.15) is 6.10 Å². The summed E-state index contributed by atoms with van der Waals surface area (Å²) in [6.45, 7) is 10.3. The van der Waals surface area contributed by atoms with Crippen LogP contribution in [0.3, 0.4) is 0 Å². The van der Waals surface area contributed by atoms with Gasteiger partial charge < -0.3 is 14.2 Å². The van der Waals surface area contributed by atoms with E-state index < -0.39 is 5.41 Å². The molecule has 1 saturated heterocycles. The fraction of sp³-hybridized carbons (Fsp3) is 0.387. The van der Waals surface area contributed by atoms with E-state index in [9.17, 15) is 14.9 Å². The Bertz CT molecular complexity index is 1230. The average Bonchev–Trinajstić information content (AvgIpc) is 2.90. The molecule has 1 aromatic heterocycles. The van der Waals surface area contributed by atoms with Gasteiger partial charge in [-0.3, -0.25) is 4.79 Å². The first-order chi connectivity index (χ1) is 17.6. The fourth-order valence-electron chi connectivity index (χ4n) is 4.35. The van der Waals surface area contributed by atoms with Crippen molar-refractivity contribution < 1.29 is 9.53 Å². The van der Waals surface area contributed by atoms with Crippen molar-refractivity contribution in [3.63, 3.8) is 0 Å². The number of aromatic nitrogens is 1. The number of nitrogens with zero attached hydrogens (tertiary/aromatic N) is 3. The Hall–Kier alpha value is -3.85. The van der Waals surface area contributed by atoms with Gasteiger partial charge >= 0.3 is 6.09 Å². The predicted octanol–water partition coefficient (Wildman–Crippen LogP) is 6.99. The molecular formula is C31H37N3O3. The van der Waals surface area contributed by atoms with E-state index in [2.05, 4.69) is 6.07 Å². The van der Waals surface area contributed by atoms with Gasteiger partial charge in [0.2, 0.25) is 0 Å². The topological polar surface area (TPSA) is 75.3 Å². The first kappa shape index (κ1) is 27.7. The summed E-state index contributed by atoms with van der Waals surface area (Å²) in [5, 5.41) is 9.22. The molecule has 0 saturated carbocycles. The Balaban J connectivity index is 0.000000555. The first-order valence-corrected chi connectivity index (χ1v) is 12.8. The maximum atomic E-state index is 12.6. The SMILES string of the molecule is CC(C)n1cc(-c2ccc([C@H](C)N3CC[C@@H](CC(C)(C)C#N)OC3=O)cc2)ccc1=O.c1ccccc1. The molecule has 1 aliphatic rings. The molecule has 1 aliphatic heterocycles. The lowest BCUT2D eigenvalue weighted by atomic mass is 9.87. The number of pyridine rings is 1. The summed E-state index contributed by atoms with van der Waals surface area (Å²) in [7, 11) is 0. The number of hydrogen-bond acceptors (Lipinski definition) is 4. The average molecular weight is 500 g/mol. The number of ether oxygens (including phenoxy) is 1. The van der Waals surface area contributed by atoms with Crippen molar-refractivity contribution in [1.29, 1.82) is 5.26 Å². The number of nitriles is 1. The van der Waals surface area contributed by atoms with Gasteiger partial charge in [-0.1, -0.05) is 60.7 Å². The fourth-order valence-corrected chi connectivity index (χ4v) is 4.35. The maximum absolute atomic E-state index is 12.6. The summed E-state index contributed by atoms with van der Waals surface area (Å²) < 4.78 is 7.34. The molecule has 0 bridgehead atoms. The Labute approximate surface area is 220 Å². The number of benzene rings is 2. The summed E-state index contributed by atoms with van der Waals surface area (Å²) >= 11 is 0. The van der Waals surface area contributed by atoms with Crippen LogP contribution in [0.2, 0.25) is 0 Å². The maximum Gasteiger partial charge on any atom is 0.410 e. The van der Waals surface area contributed by atoms with E-state index in [1.165, 1.54) is 0 Å². The Kier molecular flexibility index (Phi) is 9.30. The van der Waals surface area contributed by atoms with Gasteiger partial charge in [-0.05, 0) is 57.4 Å². The number of amides is 1. The third-order valence-electron chi connectivity index (χ3n) is 6.59. The van der Waals surface area contributed by atoms with Gasteiger partial charge in [-0.2, -0.15) is 5.26 Å². The first-order valence-electron chi connectivity index (χ1n) is 12.8. The molecule has 0 unspecified atom stereocenters. The van der Waals surface area contributed by atoms with E-state index in [1.807, 2.05) is 108 Å². The molecule has 6 nitrogen and oxygen atoms in total. The van der Waals surface area contributed by atoms with Crippen molar-refractivity contribution in [2.45, 2.75) is 65.6 Å². The Morgan fingerprint density at radius 2 is 1.51 bits per heavy atom. The van der Waals surface area contributed by atoms with Crippen LogP contribution in [0.1, 0.15) is 65.1 Å². The summed E-state index contributed by atoms with van der Waals surface area (Å²) in [6.07, 6.45) is 2.60. The minimum Gasteiger partial charge on any atom is -0.446 e. The molecule has 194 valence electrons. The number of cyclic esters (lactones) is 1. The molecule has 2 aromatic carbocycles. The highest BCUT2D eigenvalue weighted by molar-refractivity contribution is 5.69. The molecule has 2 heterocycles. The third-order valence-corrected chi connectivity index (χ3v) is 6.59. The molecule has 37 heavy (non-hydrogen) atoms. The summed E-state index contributed by atoms with van der Waals surface area (Å²) in [4.78, 5) is 26.4. The largest absolute Gasteiger partial charge is 0.446 e. The van der Waals surface area contributed by atoms with E-state index in [0.717, 1.165) is 23.1 Å². The summed E-state index contributed by atoms with van der Waals surface area (Å²) in [6, 6.07) is 25.8. The van der Waals surface area contributed by atoms with Gasteiger partial charge in [0.25, 0.3) is 5.56 Å². The van der Waals surface area contributed by atoms with Crippen LogP contribution in [-0.4, -0.2) is 28.2 Å². The molecule has 2 atom stereocenters. The zero-order valence-corrected chi connectivity index (χ0v) is 22.4. The number of rotatable bonds is 6. The van der Waals surface area contributed by atoms with Crippen molar-refractivity contribution in [3.8, 4) is 17.2 Å². The molecular weight excluding hydrogens is 462 g/mol. The molecule has 0 spiro atoms. The number of carbonyl (C=O) groups excluding carboxylic acids is 1. The van der Waals surface area contributed by atoms with Crippen LogP contribution in [-0.2, 0) is 4.74 Å². The second-order valence-electron chi connectivity index (χ2n) is 10.4. The molecule has 1 amide bonds. The van der Waals surface area contributed by atoms with Crippen LogP contribution in [0, 0.1) is 16.7 Å².